The molecule has 1 saturated carbocycles. The molecule has 1 N–H and O–H groups in total. The van der Waals surface area contributed by atoms with Gasteiger partial charge in [-0.05, 0) is 70.1 Å². The maximum absolute atomic E-state index is 3.59. The van der Waals surface area contributed by atoms with Gasteiger partial charge >= 0.3 is 0 Å². The number of rotatable bonds is 8. The van der Waals surface area contributed by atoms with Crippen molar-refractivity contribution in [2.75, 3.05) is 39.1 Å². The molecule has 0 amide bonds. The van der Waals surface area contributed by atoms with E-state index in [9.17, 15) is 0 Å². The standard InChI is InChI=1S/C17H29N3/c1-14-12-17(20(4)11-5-10-19(2)3)9-6-15(14)13-18-16-7-8-16/h6,9,12,16,18H,5,7-8,10-11,13H2,1-4H3. The van der Waals surface area contributed by atoms with Gasteiger partial charge in [0.15, 0.2) is 0 Å². The van der Waals surface area contributed by atoms with Crippen molar-refractivity contribution in [2.45, 2.75) is 38.8 Å². The molecule has 0 bridgehead atoms. The summed E-state index contributed by atoms with van der Waals surface area (Å²) in [7, 11) is 6.45. The molecule has 0 heterocycles. The third-order valence-electron chi connectivity index (χ3n) is 4.02. The van der Waals surface area contributed by atoms with Gasteiger partial charge in [-0.15, -0.1) is 0 Å². The number of aryl methyl sites for hydroxylation is 1. The van der Waals surface area contributed by atoms with E-state index in [1.807, 2.05) is 0 Å². The van der Waals surface area contributed by atoms with Crippen LogP contribution in [0.5, 0.6) is 0 Å². The molecular formula is C17H29N3. The molecule has 3 nitrogen and oxygen atoms in total. The molecule has 3 heteroatoms. The zero-order chi connectivity index (χ0) is 14.5. The normalized spacial score (nSPS) is 14.8. The number of nitrogens with zero attached hydrogens (tertiary/aromatic N) is 2. The number of hydrogen-bond acceptors (Lipinski definition) is 3. The Labute approximate surface area is 124 Å². The van der Waals surface area contributed by atoms with Gasteiger partial charge in [0.05, 0.1) is 0 Å². The summed E-state index contributed by atoms with van der Waals surface area (Å²) in [5.74, 6) is 0. The predicted molar refractivity (Wildman–Crippen MR) is 87.5 cm³/mol. The average Bonchev–Trinajstić information content (AvgIpc) is 3.20. The van der Waals surface area contributed by atoms with Gasteiger partial charge < -0.3 is 15.1 Å². The fourth-order valence-corrected chi connectivity index (χ4v) is 2.41. The molecular weight excluding hydrogens is 246 g/mol. The van der Waals surface area contributed by atoms with E-state index in [2.05, 4.69) is 61.4 Å². The van der Waals surface area contributed by atoms with Gasteiger partial charge in [0.2, 0.25) is 0 Å². The predicted octanol–water partition coefficient (Wildman–Crippen LogP) is 2.63. The van der Waals surface area contributed by atoms with Crippen LogP contribution in [0.1, 0.15) is 30.4 Å². The van der Waals surface area contributed by atoms with Crippen LogP contribution in [0.4, 0.5) is 5.69 Å². The van der Waals surface area contributed by atoms with Gasteiger partial charge in [0.1, 0.15) is 0 Å². The lowest BCUT2D eigenvalue weighted by Crippen LogP contribution is -2.23. The molecule has 1 aliphatic carbocycles. The number of nitrogens with one attached hydrogen (secondary N) is 1. The molecule has 0 spiro atoms. The average molecular weight is 275 g/mol. The van der Waals surface area contributed by atoms with Crippen molar-refractivity contribution in [2.24, 2.45) is 0 Å². The summed E-state index contributed by atoms with van der Waals surface area (Å²) >= 11 is 0. The molecule has 0 atom stereocenters. The van der Waals surface area contributed by atoms with Gasteiger partial charge in [-0.2, -0.15) is 0 Å². The van der Waals surface area contributed by atoms with Crippen molar-refractivity contribution in [1.29, 1.82) is 0 Å². The Morgan fingerprint density at radius 1 is 1.15 bits per heavy atom. The van der Waals surface area contributed by atoms with Crippen LogP contribution < -0.4 is 10.2 Å². The molecule has 1 aliphatic rings. The van der Waals surface area contributed by atoms with E-state index in [1.165, 1.54) is 36.1 Å². The molecule has 0 unspecified atom stereocenters. The summed E-state index contributed by atoms with van der Waals surface area (Å²) < 4.78 is 0. The van der Waals surface area contributed by atoms with Gasteiger partial charge in [-0.25, -0.2) is 0 Å². The topological polar surface area (TPSA) is 18.5 Å². The van der Waals surface area contributed by atoms with Gasteiger partial charge in [0, 0.05) is 31.9 Å². The summed E-state index contributed by atoms with van der Waals surface area (Å²) in [4.78, 5) is 4.60. The van der Waals surface area contributed by atoms with Crippen LogP contribution in [-0.2, 0) is 6.54 Å². The molecule has 1 fully saturated rings. The van der Waals surface area contributed by atoms with E-state index < -0.39 is 0 Å². The van der Waals surface area contributed by atoms with E-state index in [1.54, 1.807) is 0 Å². The highest BCUT2D eigenvalue weighted by Crippen LogP contribution is 2.22. The van der Waals surface area contributed by atoms with Crippen LogP contribution in [0, 0.1) is 6.92 Å². The maximum atomic E-state index is 3.59. The maximum Gasteiger partial charge on any atom is 0.0366 e. The van der Waals surface area contributed by atoms with E-state index in [0.717, 1.165) is 25.7 Å². The highest BCUT2D eigenvalue weighted by Gasteiger charge is 2.20. The van der Waals surface area contributed by atoms with Crippen molar-refractivity contribution >= 4 is 5.69 Å². The fraction of sp³-hybridized carbons (Fsp3) is 0.647. The molecule has 2 rings (SSSR count). The van der Waals surface area contributed by atoms with Crippen LogP contribution in [-0.4, -0.2) is 45.2 Å². The molecule has 1 aromatic rings. The zero-order valence-corrected chi connectivity index (χ0v) is 13.4. The molecule has 0 radical (unpaired) electrons. The SMILES string of the molecule is Cc1cc(N(C)CCCN(C)C)ccc1CNC1CC1. The van der Waals surface area contributed by atoms with E-state index >= 15 is 0 Å². The highest BCUT2D eigenvalue weighted by molar-refractivity contribution is 5.50. The van der Waals surface area contributed by atoms with Crippen LogP contribution in [0.25, 0.3) is 0 Å². The molecule has 0 aliphatic heterocycles. The van der Waals surface area contributed by atoms with E-state index in [0.29, 0.717) is 0 Å². The minimum Gasteiger partial charge on any atom is -0.375 e. The fourth-order valence-electron chi connectivity index (χ4n) is 2.41. The molecule has 0 aromatic heterocycles. The lowest BCUT2D eigenvalue weighted by Gasteiger charge is -2.21. The van der Waals surface area contributed by atoms with Crippen LogP contribution in [0.3, 0.4) is 0 Å². The Kier molecular flexibility index (Phi) is 5.44. The summed E-state index contributed by atoms with van der Waals surface area (Å²) in [6.45, 7) is 5.49. The van der Waals surface area contributed by atoms with Gasteiger partial charge in [-0.1, -0.05) is 6.07 Å². The zero-order valence-electron chi connectivity index (χ0n) is 13.4. The summed E-state index contributed by atoms with van der Waals surface area (Å²) in [5, 5.41) is 3.59. The monoisotopic (exact) mass is 275 g/mol. The van der Waals surface area contributed by atoms with Gasteiger partial charge in [0.25, 0.3) is 0 Å². The smallest absolute Gasteiger partial charge is 0.0366 e. The first-order valence-corrected chi connectivity index (χ1v) is 7.75. The summed E-state index contributed by atoms with van der Waals surface area (Å²) in [6, 6.07) is 7.64. The van der Waals surface area contributed by atoms with Crippen LogP contribution >= 0.6 is 0 Å². The van der Waals surface area contributed by atoms with Crippen molar-refractivity contribution in [3.05, 3.63) is 29.3 Å². The Morgan fingerprint density at radius 2 is 1.90 bits per heavy atom. The third kappa shape index (κ3) is 4.80. The Bertz CT molecular complexity index is 424. The van der Waals surface area contributed by atoms with Crippen molar-refractivity contribution in [3.63, 3.8) is 0 Å². The highest BCUT2D eigenvalue weighted by atomic mass is 15.1. The second kappa shape index (κ2) is 7.09. The Balaban J connectivity index is 1.86. The number of hydrogen-bond donors (Lipinski definition) is 1. The van der Waals surface area contributed by atoms with Crippen LogP contribution in [0.2, 0.25) is 0 Å². The lowest BCUT2D eigenvalue weighted by atomic mass is 10.1. The van der Waals surface area contributed by atoms with E-state index in [-0.39, 0.29) is 0 Å². The van der Waals surface area contributed by atoms with Crippen molar-refractivity contribution < 1.29 is 0 Å². The minimum atomic E-state index is 0.780. The lowest BCUT2D eigenvalue weighted by molar-refractivity contribution is 0.401. The second-order valence-electron chi connectivity index (χ2n) is 6.34. The van der Waals surface area contributed by atoms with Gasteiger partial charge in [-0.3, -0.25) is 0 Å². The minimum absolute atomic E-state index is 0.780. The van der Waals surface area contributed by atoms with Crippen molar-refractivity contribution in [3.8, 4) is 0 Å². The Morgan fingerprint density at radius 3 is 2.50 bits per heavy atom. The summed E-state index contributed by atoms with van der Waals surface area (Å²) in [5.41, 5.74) is 4.16. The number of benzene rings is 1. The third-order valence-corrected chi connectivity index (χ3v) is 4.02. The molecule has 0 saturated heterocycles. The first-order valence-electron chi connectivity index (χ1n) is 7.75. The quantitative estimate of drug-likeness (QED) is 0.787. The second-order valence-corrected chi connectivity index (χ2v) is 6.34. The van der Waals surface area contributed by atoms with Crippen LogP contribution in [0.15, 0.2) is 18.2 Å². The first-order chi connectivity index (χ1) is 9.56. The molecule has 112 valence electrons. The first kappa shape index (κ1) is 15.3. The van der Waals surface area contributed by atoms with E-state index in [4.69, 9.17) is 0 Å². The molecule has 1 aromatic carbocycles. The Hall–Kier alpha value is -1.06. The largest absolute Gasteiger partial charge is 0.375 e. The number of anilines is 1. The molecule has 20 heavy (non-hydrogen) atoms. The van der Waals surface area contributed by atoms with Crippen molar-refractivity contribution in [1.82, 2.24) is 10.2 Å². The summed E-state index contributed by atoms with van der Waals surface area (Å²) in [6.07, 6.45) is 3.91.